The molecule has 1 fully saturated rings. The molecule has 2 heterocycles. The molecule has 8 heteroatoms. The molecule has 1 amide bonds. The third-order valence-corrected chi connectivity index (χ3v) is 4.56. The van der Waals surface area contributed by atoms with Crippen LogP contribution in [0.2, 0.25) is 0 Å². The number of hydrogen-bond acceptors (Lipinski definition) is 5. The quantitative estimate of drug-likeness (QED) is 0.663. The summed E-state index contributed by atoms with van der Waals surface area (Å²) in [7, 11) is 0. The monoisotopic (exact) mass is 317 g/mol. The zero-order valence-corrected chi connectivity index (χ0v) is 12.9. The topological polar surface area (TPSA) is 116 Å². The molecule has 0 spiro atoms. The van der Waals surface area contributed by atoms with Gasteiger partial charge in [0.05, 0.1) is 17.4 Å². The highest BCUT2D eigenvalue weighted by molar-refractivity contribution is 6.02. The van der Waals surface area contributed by atoms with E-state index < -0.39 is 10.8 Å². The number of carbonyl (C=O) groups excluding carboxylic acids is 1. The molecule has 23 heavy (non-hydrogen) atoms. The maximum atomic E-state index is 11.7. The Morgan fingerprint density at radius 3 is 2.83 bits per heavy atom. The molecule has 0 radical (unpaired) electrons. The number of nitrogens with two attached hydrogens (primary N) is 1. The predicted molar refractivity (Wildman–Crippen MR) is 85.4 cm³/mol. The summed E-state index contributed by atoms with van der Waals surface area (Å²) in [5, 5.41) is 18.5. The van der Waals surface area contributed by atoms with Crippen molar-refractivity contribution in [2.45, 2.75) is 38.6 Å². The summed E-state index contributed by atoms with van der Waals surface area (Å²) in [5.41, 5.74) is 6.72. The lowest BCUT2D eigenvalue weighted by Crippen LogP contribution is -2.31. The van der Waals surface area contributed by atoms with Gasteiger partial charge in [-0.25, -0.2) is 0 Å². The van der Waals surface area contributed by atoms with Crippen molar-refractivity contribution in [3.05, 3.63) is 34.0 Å². The van der Waals surface area contributed by atoms with E-state index in [0.29, 0.717) is 17.1 Å². The molecule has 2 aromatic heterocycles. The van der Waals surface area contributed by atoms with Crippen molar-refractivity contribution in [2.24, 2.45) is 11.7 Å². The maximum Gasteiger partial charge on any atom is 0.348 e. The van der Waals surface area contributed by atoms with Crippen LogP contribution >= 0.6 is 0 Å². The number of anilines is 1. The smallest absolute Gasteiger partial charge is 0.348 e. The number of aromatic nitrogens is 2. The largest absolute Gasteiger partial charge is 0.378 e. The molecule has 1 saturated carbocycles. The van der Waals surface area contributed by atoms with E-state index in [1.165, 1.54) is 23.2 Å². The number of nitrogens with zero attached hydrogens (tertiary/aromatic N) is 3. The number of carbonyl (C=O) groups is 1. The van der Waals surface area contributed by atoms with Crippen molar-refractivity contribution in [2.75, 3.05) is 5.32 Å². The van der Waals surface area contributed by atoms with Gasteiger partial charge in [0.25, 0.3) is 5.91 Å². The third-order valence-electron chi connectivity index (χ3n) is 4.56. The average molecular weight is 317 g/mol. The molecule has 3 rings (SSSR count). The van der Waals surface area contributed by atoms with E-state index in [0.717, 1.165) is 19.3 Å². The summed E-state index contributed by atoms with van der Waals surface area (Å²) in [6.45, 7) is 2.17. The molecule has 0 aromatic carbocycles. The first-order valence-electron chi connectivity index (χ1n) is 7.70. The summed E-state index contributed by atoms with van der Waals surface area (Å²) < 4.78 is 1.22. The lowest BCUT2D eigenvalue weighted by Gasteiger charge is -2.30. The van der Waals surface area contributed by atoms with Crippen LogP contribution in [0.1, 0.15) is 43.0 Å². The fourth-order valence-corrected chi connectivity index (χ4v) is 3.24. The Bertz CT molecular complexity index is 770. The number of amides is 1. The van der Waals surface area contributed by atoms with E-state index in [2.05, 4.69) is 17.3 Å². The van der Waals surface area contributed by atoms with Gasteiger partial charge in [0.1, 0.15) is 0 Å². The van der Waals surface area contributed by atoms with E-state index in [4.69, 9.17) is 5.73 Å². The minimum absolute atomic E-state index is 0.143. The molecule has 0 aliphatic heterocycles. The minimum Gasteiger partial charge on any atom is -0.378 e. The van der Waals surface area contributed by atoms with Crippen molar-refractivity contribution >= 4 is 22.9 Å². The zero-order valence-electron chi connectivity index (χ0n) is 12.9. The molecule has 0 bridgehead atoms. The maximum absolute atomic E-state index is 11.7. The Morgan fingerprint density at radius 1 is 1.43 bits per heavy atom. The first-order valence-corrected chi connectivity index (χ1v) is 7.70. The molecular weight excluding hydrogens is 298 g/mol. The van der Waals surface area contributed by atoms with E-state index >= 15 is 0 Å². The number of rotatable bonds is 4. The van der Waals surface area contributed by atoms with E-state index in [-0.39, 0.29) is 17.4 Å². The second-order valence-corrected chi connectivity index (χ2v) is 6.06. The van der Waals surface area contributed by atoms with Crippen molar-refractivity contribution in [3.8, 4) is 0 Å². The van der Waals surface area contributed by atoms with Gasteiger partial charge in [-0.1, -0.05) is 29.4 Å². The van der Waals surface area contributed by atoms with Gasteiger partial charge in [-0.05, 0) is 29.7 Å². The van der Waals surface area contributed by atoms with E-state index in [1.807, 2.05) is 0 Å². The van der Waals surface area contributed by atoms with Gasteiger partial charge in [-0.3, -0.25) is 4.79 Å². The standard InChI is InChI=1S/C15H19N5O3/c1-9-4-2-3-5-11(9)18-14-10(15(16)21)8-17-19-12(14)6-7-13(19)20(22)23/h6-9,11,18H,2-5H2,1H3,(H2,16,21). The van der Waals surface area contributed by atoms with Gasteiger partial charge in [0.15, 0.2) is 5.52 Å². The molecule has 3 N–H and O–H groups in total. The van der Waals surface area contributed by atoms with Crippen LogP contribution in [0.3, 0.4) is 0 Å². The van der Waals surface area contributed by atoms with Gasteiger partial charge < -0.3 is 21.2 Å². The molecule has 2 unspecified atom stereocenters. The number of fused-ring (bicyclic) bond motifs is 1. The number of nitro groups is 1. The van der Waals surface area contributed by atoms with Crippen LogP contribution in [0.4, 0.5) is 11.5 Å². The van der Waals surface area contributed by atoms with Crippen LogP contribution in [0.5, 0.6) is 0 Å². The highest BCUT2D eigenvalue weighted by Gasteiger charge is 2.27. The molecule has 0 saturated heterocycles. The van der Waals surface area contributed by atoms with Gasteiger partial charge in [0.2, 0.25) is 0 Å². The van der Waals surface area contributed by atoms with Gasteiger partial charge in [0, 0.05) is 12.1 Å². The normalized spacial score (nSPS) is 21.3. The van der Waals surface area contributed by atoms with E-state index in [1.54, 1.807) is 6.07 Å². The summed E-state index contributed by atoms with van der Waals surface area (Å²) in [6.07, 6.45) is 5.72. The lowest BCUT2D eigenvalue weighted by molar-refractivity contribution is -0.390. The molecule has 8 nitrogen and oxygen atoms in total. The molecular formula is C15H19N5O3. The fraction of sp³-hybridized carbons (Fsp3) is 0.467. The Labute approximate surface area is 132 Å². The molecule has 1 aliphatic rings. The van der Waals surface area contributed by atoms with Gasteiger partial charge in [-0.15, -0.1) is 0 Å². The number of nitrogens with one attached hydrogen (secondary N) is 1. The van der Waals surface area contributed by atoms with Gasteiger partial charge in [-0.2, -0.15) is 0 Å². The number of primary amides is 1. The van der Waals surface area contributed by atoms with Crippen molar-refractivity contribution in [3.63, 3.8) is 0 Å². The Kier molecular flexibility index (Phi) is 3.89. The summed E-state index contributed by atoms with van der Waals surface area (Å²) in [4.78, 5) is 22.3. The molecule has 122 valence electrons. The lowest BCUT2D eigenvalue weighted by atomic mass is 9.85. The van der Waals surface area contributed by atoms with Crippen LogP contribution in [0.15, 0.2) is 18.3 Å². The summed E-state index contributed by atoms with van der Waals surface area (Å²) >= 11 is 0. The Hall–Kier alpha value is -2.64. The van der Waals surface area contributed by atoms with Crippen LogP contribution < -0.4 is 11.1 Å². The number of hydrogen-bond donors (Lipinski definition) is 2. The molecule has 1 aliphatic carbocycles. The SMILES string of the molecule is CC1CCCCC1Nc1c(C(N)=O)cnn2c([N+](=O)[O-])ccc12. The summed E-state index contributed by atoms with van der Waals surface area (Å²) in [5.74, 6) is -0.284. The average Bonchev–Trinajstić information content (AvgIpc) is 2.94. The van der Waals surface area contributed by atoms with Gasteiger partial charge >= 0.3 is 5.82 Å². The molecule has 2 aromatic rings. The predicted octanol–water partition coefficient (Wildman–Crippen LogP) is 2.33. The third kappa shape index (κ3) is 2.71. The zero-order chi connectivity index (χ0) is 16.6. The molecule has 2 atom stereocenters. The second-order valence-electron chi connectivity index (χ2n) is 6.06. The summed E-state index contributed by atoms with van der Waals surface area (Å²) in [6, 6.07) is 3.18. The fourth-order valence-electron chi connectivity index (χ4n) is 3.24. The highest BCUT2D eigenvalue weighted by atomic mass is 16.6. The second kappa shape index (κ2) is 5.86. The first-order chi connectivity index (χ1) is 11.0. The van der Waals surface area contributed by atoms with Crippen molar-refractivity contribution in [1.29, 1.82) is 0 Å². The Balaban J connectivity index is 2.09. The Morgan fingerprint density at radius 2 is 2.17 bits per heavy atom. The first kappa shape index (κ1) is 15.3. The van der Waals surface area contributed by atoms with Crippen LogP contribution in [0, 0.1) is 16.0 Å². The van der Waals surface area contributed by atoms with Crippen molar-refractivity contribution in [1.82, 2.24) is 9.61 Å². The van der Waals surface area contributed by atoms with Crippen LogP contribution in [-0.4, -0.2) is 26.5 Å². The van der Waals surface area contributed by atoms with E-state index in [9.17, 15) is 14.9 Å². The highest BCUT2D eigenvalue weighted by Crippen LogP contribution is 2.31. The van der Waals surface area contributed by atoms with Crippen molar-refractivity contribution < 1.29 is 9.72 Å². The van der Waals surface area contributed by atoms with Crippen LogP contribution in [0.25, 0.3) is 5.52 Å². The minimum atomic E-state index is -0.602. The van der Waals surface area contributed by atoms with Crippen LogP contribution in [-0.2, 0) is 0 Å².